The van der Waals surface area contributed by atoms with E-state index in [-0.39, 0.29) is 0 Å². The molecule has 0 amide bonds. The van der Waals surface area contributed by atoms with Gasteiger partial charge in [-0.3, -0.25) is 4.99 Å². The van der Waals surface area contributed by atoms with Gasteiger partial charge in [-0.25, -0.2) is 5.53 Å². The van der Waals surface area contributed by atoms with Crippen LogP contribution in [-0.4, -0.2) is 6.21 Å². The molecule has 0 atom stereocenters. The summed E-state index contributed by atoms with van der Waals surface area (Å²) >= 11 is 0. The largest absolute Gasteiger partial charge is 0.259 e. The molecule has 3 heteroatoms. The molecule has 1 N–H and O–H groups in total. The van der Waals surface area contributed by atoms with E-state index in [1.54, 1.807) is 6.07 Å². The lowest BCUT2D eigenvalue weighted by atomic mass is 10.2. The zero-order chi connectivity index (χ0) is 9.68. The normalized spacial score (nSPS) is 11.0. The van der Waals surface area contributed by atoms with Crippen LogP contribution in [-0.2, 0) is 0 Å². The Balaban J connectivity index is 2.93. The Morgan fingerprint density at radius 1 is 1.23 bits per heavy atom. The van der Waals surface area contributed by atoms with E-state index in [9.17, 15) is 0 Å². The molecule has 13 heavy (non-hydrogen) atoms. The van der Waals surface area contributed by atoms with Gasteiger partial charge in [0.1, 0.15) is 5.69 Å². The molecule has 0 aromatic heterocycles. The van der Waals surface area contributed by atoms with E-state index >= 15 is 0 Å². The van der Waals surface area contributed by atoms with Crippen molar-refractivity contribution in [2.45, 2.75) is 13.8 Å². The molecule has 0 heterocycles. The summed E-state index contributed by atoms with van der Waals surface area (Å²) in [4.78, 5) is 4.24. The molecule has 0 spiro atoms. The van der Waals surface area contributed by atoms with Gasteiger partial charge in [0.25, 0.3) is 0 Å². The van der Waals surface area contributed by atoms with E-state index in [4.69, 9.17) is 5.53 Å². The van der Waals surface area contributed by atoms with Crippen LogP contribution in [0, 0.1) is 11.4 Å². The lowest BCUT2D eigenvalue weighted by Crippen LogP contribution is -1.85. The van der Waals surface area contributed by atoms with Crippen LogP contribution in [0.1, 0.15) is 13.8 Å². The topological polar surface area (TPSA) is 48.6 Å². The van der Waals surface area contributed by atoms with Gasteiger partial charge in [-0.05, 0) is 18.1 Å². The van der Waals surface area contributed by atoms with E-state index in [1.807, 2.05) is 24.4 Å². The monoisotopic (exact) mass is 175 g/mol. The van der Waals surface area contributed by atoms with Crippen LogP contribution in [0.5, 0.6) is 0 Å². The van der Waals surface area contributed by atoms with E-state index in [1.165, 1.54) is 0 Å². The van der Waals surface area contributed by atoms with Gasteiger partial charge < -0.3 is 0 Å². The highest BCUT2D eigenvalue weighted by Gasteiger charge is 1.96. The van der Waals surface area contributed by atoms with Crippen LogP contribution >= 0.6 is 0 Å². The van der Waals surface area contributed by atoms with Crippen LogP contribution in [0.25, 0.3) is 0 Å². The van der Waals surface area contributed by atoms with Crippen LogP contribution in [0.4, 0.5) is 11.4 Å². The Labute approximate surface area is 78.0 Å². The van der Waals surface area contributed by atoms with Crippen molar-refractivity contribution in [2.75, 3.05) is 0 Å². The number of para-hydroxylation sites is 2. The molecule has 0 bridgehead atoms. The number of rotatable bonds is 3. The Morgan fingerprint density at radius 2 is 1.85 bits per heavy atom. The summed E-state index contributed by atoms with van der Waals surface area (Å²) in [7, 11) is 0. The quantitative estimate of drug-likeness (QED) is 0.537. The van der Waals surface area contributed by atoms with Crippen molar-refractivity contribution in [3.63, 3.8) is 0 Å². The average Bonchev–Trinajstić information content (AvgIpc) is 2.15. The van der Waals surface area contributed by atoms with Gasteiger partial charge in [-0.1, -0.05) is 26.0 Å². The molecule has 68 valence electrons. The first-order chi connectivity index (χ1) is 6.24. The lowest BCUT2D eigenvalue weighted by Gasteiger charge is -1.98. The van der Waals surface area contributed by atoms with E-state index in [2.05, 4.69) is 24.0 Å². The number of hydrogen-bond acceptors (Lipinski definition) is 3. The fourth-order valence-electron chi connectivity index (χ4n) is 0.897. The standard InChI is InChI=1S/C10H13N3/c1-8(2)7-12-9-5-3-4-6-10(9)13-11/h3-8,11H,1-2H3. The van der Waals surface area contributed by atoms with E-state index in [0.717, 1.165) is 5.69 Å². The minimum atomic E-state index is 0.416. The highest BCUT2D eigenvalue weighted by atomic mass is 15.0. The van der Waals surface area contributed by atoms with Crippen molar-refractivity contribution in [1.82, 2.24) is 0 Å². The molecular weight excluding hydrogens is 162 g/mol. The summed E-state index contributed by atoms with van der Waals surface area (Å²) in [5.74, 6) is 0.416. The van der Waals surface area contributed by atoms with Crippen molar-refractivity contribution < 1.29 is 0 Å². The van der Waals surface area contributed by atoms with Crippen LogP contribution in [0.3, 0.4) is 0 Å². The van der Waals surface area contributed by atoms with Gasteiger partial charge in [-0.15, -0.1) is 0 Å². The Bertz CT molecular complexity index is 316. The molecule has 0 fully saturated rings. The van der Waals surface area contributed by atoms with Gasteiger partial charge in [-0.2, -0.15) is 5.11 Å². The predicted octanol–water partition coefficient (Wildman–Crippen LogP) is 3.71. The first-order valence-electron chi connectivity index (χ1n) is 4.24. The summed E-state index contributed by atoms with van der Waals surface area (Å²) < 4.78 is 0. The summed E-state index contributed by atoms with van der Waals surface area (Å²) in [6.45, 7) is 4.12. The molecule has 3 nitrogen and oxygen atoms in total. The molecule has 0 saturated heterocycles. The Hall–Kier alpha value is -1.51. The summed E-state index contributed by atoms with van der Waals surface area (Å²) in [5, 5.41) is 3.38. The van der Waals surface area contributed by atoms with Gasteiger partial charge in [0.05, 0.1) is 5.69 Å². The predicted molar refractivity (Wildman–Crippen MR) is 54.2 cm³/mol. The smallest absolute Gasteiger partial charge is 0.111 e. The minimum absolute atomic E-state index is 0.416. The molecule has 0 aliphatic carbocycles. The second kappa shape index (κ2) is 4.50. The van der Waals surface area contributed by atoms with Gasteiger partial charge in [0.2, 0.25) is 0 Å². The molecule has 0 aliphatic rings. The van der Waals surface area contributed by atoms with Crippen LogP contribution in [0.15, 0.2) is 34.4 Å². The molecule has 1 rings (SSSR count). The SMILES string of the molecule is CC(C)C=Nc1ccccc1N=N. The average molecular weight is 175 g/mol. The van der Waals surface area contributed by atoms with Crippen molar-refractivity contribution >= 4 is 17.6 Å². The number of hydrogen-bond donors (Lipinski definition) is 1. The molecule has 1 aromatic carbocycles. The number of nitrogens with one attached hydrogen (secondary N) is 1. The van der Waals surface area contributed by atoms with Crippen molar-refractivity contribution in [3.05, 3.63) is 24.3 Å². The van der Waals surface area contributed by atoms with Gasteiger partial charge >= 0.3 is 0 Å². The molecule has 0 saturated carbocycles. The molecule has 0 unspecified atom stereocenters. The van der Waals surface area contributed by atoms with E-state index in [0.29, 0.717) is 11.6 Å². The van der Waals surface area contributed by atoms with Gasteiger partial charge in [0, 0.05) is 6.21 Å². The second-order valence-corrected chi connectivity index (χ2v) is 3.12. The zero-order valence-electron chi connectivity index (χ0n) is 7.86. The highest BCUT2D eigenvalue weighted by Crippen LogP contribution is 2.26. The summed E-state index contributed by atoms with van der Waals surface area (Å²) in [6, 6.07) is 7.37. The third-order valence-corrected chi connectivity index (χ3v) is 1.51. The maximum Gasteiger partial charge on any atom is 0.111 e. The third kappa shape index (κ3) is 2.78. The van der Waals surface area contributed by atoms with Crippen LogP contribution in [0.2, 0.25) is 0 Å². The molecule has 0 radical (unpaired) electrons. The highest BCUT2D eigenvalue weighted by molar-refractivity contribution is 5.70. The minimum Gasteiger partial charge on any atom is -0.259 e. The lowest BCUT2D eigenvalue weighted by molar-refractivity contribution is 0.907. The number of aliphatic imine (C=N–C) groups is 1. The summed E-state index contributed by atoms with van der Waals surface area (Å²) in [5.41, 5.74) is 8.29. The van der Waals surface area contributed by atoms with Gasteiger partial charge in [0.15, 0.2) is 0 Å². The Kier molecular flexibility index (Phi) is 3.31. The van der Waals surface area contributed by atoms with Crippen LogP contribution < -0.4 is 0 Å². The van der Waals surface area contributed by atoms with Crippen molar-refractivity contribution in [2.24, 2.45) is 16.0 Å². The third-order valence-electron chi connectivity index (χ3n) is 1.51. The van der Waals surface area contributed by atoms with Crippen molar-refractivity contribution in [1.29, 1.82) is 5.53 Å². The number of nitrogens with zero attached hydrogens (tertiary/aromatic N) is 2. The number of benzene rings is 1. The fraction of sp³-hybridized carbons (Fsp3) is 0.300. The first-order valence-corrected chi connectivity index (χ1v) is 4.24. The van der Waals surface area contributed by atoms with Crippen molar-refractivity contribution in [3.8, 4) is 0 Å². The first kappa shape index (κ1) is 9.58. The summed E-state index contributed by atoms with van der Waals surface area (Å²) in [6.07, 6.45) is 1.85. The fourth-order valence-corrected chi connectivity index (χ4v) is 0.897. The Morgan fingerprint density at radius 3 is 2.38 bits per heavy atom. The molecular formula is C10H13N3. The maximum absolute atomic E-state index is 6.92. The zero-order valence-corrected chi connectivity index (χ0v) is 7.86. The molecule has 1 aromatic rings. The van der Waals surface area contributed by atoms with E-state index < -0.39 is 0 Å². The molecule has 0 aliphatic heterocycles. The maximum atomic E-state index is 6.92. The second-order valence-electron chi connectivity index (χ2n) is 3.12.